The number of halogens is 3. The lowest BCUT2D eigenvalue weighted by molar-refractivity contribution is -0.385. The Balaban J connectivity index is 2.86. The Labute approximate surface area is 98.0 Å². The molecule has 1 aromatic rings. The number of hydrogen-bond acceptors (Lipinski definition) is 4. The number of hydrogen-bond donors (Lipinski definition) is 0. The van der Waals surface area contributed by atoms with Crippen molar-refractivity contribution in [3.05, 3.63) is 39.9 Å². The Morgan fingerprint density at radius 3 is 2.47 bits per heavy atom. The van der Waals surface area contributed by atoms with Gasteiger partial charge in [-0.3, -0.25) is 14.9 Å². The van der Waals surface area contributed by atoms with Crippen LogP contribution >= 0.6 is 11.8 Å². The largest absolute Gasteiger partial charge is 0.442 e. The van der Waals surface area contributed by atoms with Crippen LogP contribution in [-0.2, 0) is 0 Å². The van der Waals surface area contributed by atoms with Gasteiger partial charge in [-0.05, 0) is 17.8 Å². The van der Waals surface area contributed by atoms with E-state index in [1.54, 1.807) is 0 Å². The second-order valence-corrected chi connectivity index (χ2v) is 3.97. The number of nitro groups is 1. The molecule has 0 unspecified atom stereocenters. The predicted octanol–water partition coefficient (Wildman–Crippen LogP) is 3.03. The summed E-state index contributed by atoms with van der Waals surface area (Å²) in [6.07, 6.45) is 0. The van der Waals surface area contributed by atoms with Crippen LogP contribution in [0.5, 0.6) is 0 Å². The number of para-hydroxylation sites is 1. The number of Topliss-reactive ketones (excluding diaryl/α,β-unsaturated/α-hetero) is 1. The molecule has 4 nitrogen and oxygen atoms in total. The highest BCUT2D eigenvalue weighted by Gasteiger charge is 2.30. The SMILES string of the molecule is O=C(CSC(F)(F)F)c1ccccc1[N+](=O)[O-]. The molecule has 0 atom stereocenters. The van der Waals surface area contributed by atoms with Crippen LogP contribution in [0.1, 0.15) is 10.4 Å². The van der Waals surface area contributed by atoms with Crippen molar-refractivity contribution >= 4 is 23.2 Å². The van der Waals surface area contributed by atoms with Gasteiger partial charge in [0.15, 0.2) is 5.78 Å². The Kier molecular flexibility index (Phi) is 4.11. The molecule has 0 aromatic heterocycles. The highest BCUT2D eigenvalue weighted by Crippen LogP contribution is 2.31. The number of carbonyl (C=O) groups excluding carboxylic acids is 1. The van der Waals surface area contributed by atoms with Gasteiger partial charge in [0.25, 0.3) is 5.69 Å². The number of nitrogens with zero attached hydrogens (tertiary/aromatic N) is 1. The van der Waals surface area contributed by atoms with Gasteiger partial charge in [0, 0.05) is 6.07 Å². The third-order valence-electron chi connectivity index (χ3n) is 1.77. The highest BCUT2D eigenvalue weighted by atomic mass is 32.2. The Bertz CT molecular complexity index is 447. The van der Waals surface area contributed by atoms with Crippen LogP contribution in [0, 0.1) is 10.1 Å². The molecule has 0 aliphatic carbocycles. The lowest BCUT2D eigenvalue weighted by Crippen LogP contribution is -2.10. The monoisotopic (exact) mass is 265 g/mol. The molecule has 1 aromatic carbocycles. The van der Waals surface area contributed by atoms with E-state index in [9.17, 15) is 28.1 Å². The minimum Gasteiger partial charge on any atom is -0.293 e. The van der Waals surface area contributed by atoms with Crippen LogP contribution in [0.3, 0.4) is 0 Å². The van der Waals surface area contributed by atoms with Gasteiger partial charge in [-0.25, -0.2) is 0 Å². The molecular formula is C9H6F3NO3S. The summed E-state index contributed by atoms with van der Waals surface area (Å²) >= 11 is -0.515. The molecular weight excluding hydrogens is 259 g/mol. The van der Waals surface area contributed by atoms with Crippen LogP contribution in [0.15, 0.2) is 24.3 Å². The van der Waals surface area contributed by atoms with Gasteiger partial charge in [-0.1, -0.05) is 12.1 Å². The van der Waals surface area contributed by atoms with Crippen LogP contribution < -0.4 is 0 Å². The van der Waals surface area contributed by atoms with Gasteiger partial charge in [0.05, 0.1) is 16.2 Å². The first-order valence-corrected chi connectivity index (χ1v) is 5.27. The van der Waals surface area contributed by atoms with E-state index in [4.69, 9.17) is 0 Å². The second-order valence-electron chi connectivity index (χ2n) is 2.93. The zero-order chi connectivity index (χ0) is 13.1. The molecule has 0 saturated heterocycles. The molecule has 1 rings (SSSR count). The molecule has 0 amide bonds. The van der Waals surface area contributed by atoms with Crippen molar-refractivity contribution in [1.82, 2.24) is 0 Å². The van der Waals surface area contributed by atoms with E-state index in [1.807, 2.05) is 0 Å². The average Bonchev–Trinajstić information content (AvgIpc) is 2.25. The molecule has 0 aliphatic heterocycles. The summed E-state index contributed by atoms with van der Waals surface area (Å²) in [5.41, 5.74) is -5.33. The van der Waals surface area contributed by atoms with Gasteiger partial charge in [-0.15, -0.1) is 0 Å². The van der Waals surface area contributed by atoms with E-state index < -0.39 is 39.4 Å². The maximum atomic E-state index is 11.9. The molecule has 92 valence electrons. The van der Waals surface area contributed by atoms with E-state index >= 15 is 0 Å². The van der Waals surface area contributed by atoms with Crippen molar-refractivity contribution in [3.63, 3.8) is 0 Å². The first-order chi connectivity index (χ1) is 7.81. The fraction of sp³-hybridized carbons (Fsp3) is 0.222. The van der Waals surface area contributed by atoms with Crippen molar-refractivity contribution in [2.45, 2.75) is 5.51 Å². The summed E-state index contributed by atoms with van der Waals surface area (Å²) in [5.74, 6) is -1.78. The van der Waals surface area contributed by atoms with Crippen LogP contribution in [-0.4, -0.2) is 22.0 Å². The van der Waals surface area contributed by atoms with E-state index in [-0.39, 0.29) is 5.56 Å². The number of ketones is 1. The number of rotatable bonds is 4. The summed E-state index contributed by atoms with van der Waals surface area (Å²) in [6, 6.07) is 4.91. The third kappa shape index (κ3) is 4.06. The molecule has 0 spiro atoms. The van der Waals surface area contributed by atoms with Gasteiger partial charge < -0.3 is 0 Å². The smallest absolute Gasteiger partial charge is 0.293 e. The maximum absolute atomic E-state index is 11.9. The zero-order valence-corrected chi connectivity index (χ0v) is 9.05. The van der Waals surface area contributed by atoms with Crippen molar-refractivity contribution in [2.75, 3.05) is 5.75 Å². The molecule has 0 bridgehead atoms. The minimum atomic E-state index is -4.53. The number of alkyl halides is 3. The lowest BCUT2D eigenvalue weighted by atomic mass is 10.1. The molecule has 17 heavy (non-hydrogen) atoms. The number of benzene rings is 1. The zero-order valence-electron chi connectivity index (χ0n) is 8.23. The summed E-state index contributed by atoms with van der Waals surface area (Å²) in [6.45, 7) is 0. The minimum absolute atomic E-state index is 0.311. The Morgan fingerprint density at radius 1 is 1.35 bits per heavy atom. The normalized spacial score (nSPS) is 11.2. The second kappa shape index (κ2) is 5.17. The highest BCUT2D eigenvalue weighted by molar-refractivity contribution is 8.00. The molecule has 8 heteroatoms. The third-order valence-corrected chi connectivity index (χ3v) is 2.50. The quantitative estimate of drug-likeness (QED) is 0.477. The molecule has 0 aliphatic rings. The van der Waals surface area contributed by atoms with Crippen LogP contribution in [0.2, 0.25) is 0 Å². The van der Waals surface area contributed by atoms with Crippen LogP contribution in [0.4, 0.5) is 18.9 Å². The summed E-state index contributed by atoms with van der Waals surface area (Å²) < 4.78 is 35.6. The van der Waals surface area contributed by atoms with Crippen molar-refractivity contribution < 1.29 is 22.9 Å². The maximum Gasteiger partial charge on any atom is 0.442 e. The summed E-state index contributed by atoms with van der Waals surface area (Å²) in [5, 5.41) is 10.6. The van der Waals surface area contributed by atoms with E-state index in [2.05, 4.69) is 0 Å². The summed E-state index contributed by atoms with van der Waals surface area (Å²) in [4.78, 5) is 21.1. The average molecular weight is 265 g/mol. The Morgan fingerprint density at radius 2 is 1.94 bits per heavy atom. The van der Waals surface area contributed by atoms with E-state index in [0.29, 0.717) is 0 Å². The number of thioether (sulfide) groups is 1. The van der Waals surface area contributed by atoms with Gasteiger partial charge in [-0.2, -0.15) is 13.2 Å². The van der Waals surface area contributed by atoms with Crippen molar-refractivity contribution in [1.29, 1.82) is 0 Å². The lowest BCUT2D eigenvalue weighted by Gasteiger charge is -2.05. The molecule has 0 N–H and O–H groups in total. The molecule has 0 radical (unpaired) electrons. The number of carbonyl (C=O) groups is 1. The van der Waals surface area contributed by atoms with Gasteiger partial charge >= 0.3 is 5.51 Å². The van der Waals surface area contributed by atoms with Gasteiger partial charge in [0.2, 0.25) is 0 Å². The fourth-order valence-electron chi connectivity index (χ4n) is 1.09. The standard InChI is InChI=1S/C9H6F3NO3S/c10-9(11,12)17-5-8(14)6-3-1-2-4-7(6)13(15)16/h1-4H,5H2. The fourth-order valence-corrected chi connectivity index (χ4v) is 1.54. The Hall–Kier alpha value is -1.57. The molecule has 0 fully saturated rings. The van der Waals surface area contributed by atoms with Gasteiger partial charge in [0.1, 0.15) is 0 Å². The van der Waals surface area contributed by atoms with Crippen LogP contribution in [0.25, 0.3) is 0 Å². The van der Waals surface area contributed by atoms with E-state index in [1.165, 1.54) is 12.1 Å². The van der Waals surface area contributed by atoms with E-state index in [0.717, 1.165) is 12.1 Å². The van der Waals surface area contributed by atoms with Crippen molar-refractivity contribution in [2.24, 2.45) is 0 Å². The first kappa shape index (κ1) is 13.5. The predicted molar refractivity (Wildman–Crippen MR) is 55.9 cm³/mol. The molecule has 0 saturated carbocycles. The molecule has 0 heterocycles. The summed E-state index contributed by atoms with van der Waals surface area (Å²) in [7, 11) is 0. The number of nitro benzene ring substituents is 1. The topological polar surface area (TPSA) is 60.2 Å². The first-order valence-electron chi connectivity index (χ1n) is 4.28. The van der Waals surface area contributed by atoms with Crippen molar-refractivity contribution in [3.8, 4) is 0 Å².